The zero-order valence-corrected chi connectivity index (χ0v) is 12.7. The first-order chi connectivity index (χ1) is 10.8. The van der Waals surface area contributed by atoms with Gasteiger partial charge in [0, 0.05) is 24.9 Å². The standard InChI is InChI=1S/C19H19N3/c1-14-17(15-6-3-2-4-7-15)8-5-9-19(14)22-13-16-10-11-20-12-18(16)21-22/h2-9,11-12,16,21H,10,13H2,1H3. The molecule has 110 valence electrons. The highest BCUT2D eigenvalue weighted by Gasteiger charge is 2.29. The van der Waals surface area contributed by atoms with Gasteiger partial charge in [0.05, 0.1) is 11.4 Å². The van der Waals surface area contributed by atoms with Crippen LogP contribution in [0.3, 0.4) is 0 Å². The van der Waals surface area contributed by atoms with E-state index in [0.29, 0.717) is 5.92 Å². The number of nitrogens with zero attached hydrogens (tertiary/aromatic N) is 2. The van der Waals surface area contributed by atoms with Gasteiger partial charge in [0.1, 0.15) is 0 Å². The average Bonchev–Trinajstić information content (AvgIpc) is 2.99. The number of benzene rings is 2. The lowest BCUT2D eigenvalue weighted by atomic mass is 9.98. The number of hydrogen-bond acceptors (Lipinski definition) is 3. The largest absolute Gasteiger partial charge is 0.301 e. The van der Waals surface area contributed by atoms with Crippen LogP contribution in [0.4, 0.5) is 5.69 Å². The van der Waals surface area contributed by atoms with E-state index in [9.17, 15) is 0 Å². The number of fused-ring (bicyclic) bond motifs is 1. The molecule has 4 rings (SSSR count). The Morgan fingerprint density at radius 2 is 1.95 bits per heavy atom. The van der Waals surface area contributed by atoms with Crippen molar-refractivity contribution in [3.63, 3.8) is 0 Å². The Hall–Kier alpha value is -2.55. The molecule has 0 spiro atoms. The summed E-state index contributed by atoms with van der Waals surface area (Å²) in [4.78, 5) is 4.26. The lowest BCUT2D eigenvalue weighted by molar-refractivity contribution is 0.705. The first-order valence-electron chi connectivity index (χ1n) is 7.74. The van der Waals surface area contributed by atoms with Crippen molar-refractivity contribution in [2.45, 2.75) is 13.3 Å². The van der Waals surface area contributed by atoms with E-state index in [2.05, 4.69) is 70.9 Å². The van der Waals surface area contributed by atoms with Gasteiger partial charge in [0.15, 0.2) is 0 Å². The van der Waals surface area contributed by atoms with Crippen LogP contribution in [0, 0.1) is 12.8 Å². The van der Waals surface area contributed by atoms with Crippen LogP contribution in [-0.4, -0.2) is 12.8 Å². The summed E-state index contributed by atoms with van der Waals surface area (Å²) in [5.41, 5.74) is 9.85. The van der Waals surface area contributed by atoms with Crippen molar-refractivity contribution in [1.29, 1.82) is 0 Å². The molecule has 2 aromatic carbocycles. The predicted octanol–water partition coefficient (Wildman–Crippen LogP) is 3.92. The van der Waals surface area contributed by atoms with E-state index >= 15 is 0 Å². The zero-order valence-electron chi connectivity index (χ0n) is 12.7. The van der Waals surface area contributed by atoms with Crippen molar-refractivity contribution in [3.05, 3.63) is 66.0 Å². The van der Waals surface area contributed by atoms with E-state index in [1.54, 1.807) is 0 Å². The number of anilines is 1. The van der Waals surface area contributed by atoms with Gasteiger partial charge in [-0.15, -0.1) is 0 Å². The molecule has 1 unspecified atom stereocenters. The van der Waals surface area contributed by atoms with Gasteiger partial charge in [-0.05, 0) is 36.1 Å². The maximum Gasteiger partial charge on any atom is 0.0607 e. The van der Waals surface area contributed by atoms with Gasteiger partial charge < -0.3 is 5.43 Å². The Bertz CT molecular complexity index is 747. The second kappa shape index (κ2) is 5.34. The summed E-state index contributed by atoms with van der Waals surface area (Å²) in [5, 5.41) is 2.26. The topological polar surface area (TPSA) is 27.6 Å². The van der Waals surface area contributed by atoms with Gasteiger partial charge in [-0.1, -0.05) is 42.5 Å². The molecule has 1 atom stereocenters. The summed E-state index contributed by atoms with van der Waals surface area (Å²) in [6.45, 7) is 3.20. The van der Waals surface area contributed by atoms with Gasteiger partial charge >= 0.3 is 0 Å². The third-order valence-electron chi connectivity index (χ3n) is 4.50. The molecule has 1 fully saturated rings. The van der Waals surface area contributed by atoms with E-state index < -0.39 is 0 Å². The van der Waals surface area contributed by atoms with Crippen molar-refractivity contribution in [1.82, 2.24) is 5.43 Å². The summed E-state index contributed by atoms with van der Waals surface area (Å²) < 4.78 is 0. The molecule has 22 heavy (non-hydrogen) atoms. The second-order valence-corrected chi connectivity index (χ2v) is 5.89. The Balaban J connectivity index is 1.69. The van der Waals surface area contributed by atoms with Crippen LogP contribution in [0.1, 0.15) is 12.0 Å². The lowest BCUT2D eigenvalue weighted by Crippen LogP contribution is -2.30. The summed E-state index contributed by atoms with van der Waals surface area (Å²) >= 11 is 0. The highest BCUT2D eigenvalue weighted by Crippen LogP contribution is 2.34. The van der Waals surface area contributed by atoms with Crippen LogP contribution in [0.5, 0.6) is 0 Å². The quantitative estimate of drug-likeness (QED) is 0.907. The molecule has 0 amide bonds. The minimum absolute atomic E-state index is 0.539. The molecule has 2 aliphatic heterocycles. The van der Waals surface area contributed by atoms with Crippen LogP contribution in [-0.2, 0) is 0 Å². The SMILES string of the molecule is Cc1c(-c2ccccc2)cccc1N1CC2CC=NC=C2N1. The van der Waals surface area contributed by atoms with Crippen molar-refractivity contribution in [2.24, 2.45) is 10.9 Å². The van der Waals surface area contributed by atoms with Gasteiger partial charge in [0.25, 0.3) is 0 Å². The first-order valence-corrected chi connectivity index (χ1v) is 7.74. The molecule has 0 aliphatic carbocycles. The van der Waals surface area contributed by atoms with Crippen LogP contribution in [0.2, 0.25) is 0 Å². The molecular weight excluding hydrogens is 270 g/mol. The summed E-state index contributed by atoms with van der Waals surface area (Å²) in [6, 6.07) is 17.1. The van der Waals surface area contributed by atoms with Gasteiger partial charge in [0.2, 0.25) is 0 Å². The highest BCUT2D eigenvalue weighted by molar-refractivity contribution is 5.74. The molecule has 2 aliphatic rings. The summed E-state index contributed by atoms with van der Waals surface area (Å²) in [7, 11) is 0. The van der Waals surface area contributed by atoms with Gasteiger partial charge in [-0.25, -0.2) is 0 Å². The third kappa shape index (κ3) is 2.19. The zero-order chi connectivity index (χ0) is 14.9. The lowest BCUT2D eigenvalue weighted by Gasteiger charge is -2.22. The van der Waals surface area contributed by atoms with Crippen LogP contribution in [0.25, 0.3) is 11.1 Å². The monoisotopic (exact) mass is 289 g/mol. The Morgan fingerprint density at radius 1 is 1.09 bits per heavy atom. The fourth-order valence-electron chi connectivity index (χ4n) is 3.27. The van der Waals surface area contributed by atoms with Crippen molar-refractivity contribution in [3.8, 4) is 11.1 Å². The van der Waals surface area contributed by atoms with E-state index in [4.69, 9.17) is 0 Å². The van der Waals surface area contributed by atoms with E-state index in [1.165, 1.54) is 28.1 Å². The molecule has 1 saturated heterocycles. The second-order valence-electron chi connectivity index (χ2n) is 5.89. The van der Waals surface area contributed by atoms with E-state index in [-0.39, 0.29) is 0 Å². The maximum atomic E-state index is 4.26. The number of hydrogen-bond donors (Lipinski definition) is 1. The Morgan fingerprint density at radius 3 is 2.77 bits per heavy atom. The first kappa shape index (κ1) is 13.1. The molecule has 0 bridgehead atoms. The molecule has 0 saturated carbocycles. The van der Waals surface area contributed by atoms with Crippen molar-refractivity contribution < 1.29 is 0 Å². The van der Waals surface area contributed by atoms with E-state index in [1.807, 2.05) is 12.4 Å². The number of aliphatic imine (C=N–C) groups is 1. The number of nitrogens with one attached hydrogen (secondary N) is 1. The minimum atomic E-state index is 0.539. The molecule has 0 aromatic heterocycles. The van der Waals surface area contributed by atoms with Crippen LogP contribution >= 0.6 is 0 Å². The summed E-state index contributed by atoms with van der Waals surface area (Å²) in [5.74, 6) is 0.539. The number of hydrazine groups is 1. The molecule has 2 aromatic rings. The molecule has 2 heterocycles. The Kier molecular flexibility index (Phi) is 3.19. The maximum absolute atomic E-state index is 4.26. The summed E-state index contributed by atoms with van der Waals surface area (Å²) in [6.07, 6.45) is 4.98. The van der Waals surface area contributed by atoms with Crippen LogP contribution < -0.4 is 10.4 Å². The highest BCUT2D eigenvalue weighted by atomic mass is 15.5. The minimum Gasteiger partial charge on any atom is -0.301 e. The molecule has 3 nitrogen and oxygen atoms in total. The molecule has 3 heteroatoms. The van der Waals surface area contributed by atoms with Crippen molar-refractivity contribution >= 4 is 11.9 Å². The molecular formula is C19H19N3. The van der Waals surface area contributed by atoms with Gasteiger partial charge in [-0.2, -0.15) is 0 Å². The third-order valence-corrected chi connectivity index (χ3v) is 4.50. The smallest absolute Gasteiger partial charge is 0.0607 e. The Labute approximate surface area is 131 Å². The predicted molar refractivity (Wildman–Crippen MR) is 91.8 cm³/mol. The van der Waals surface area contributed by atoms with Crippen molar-refractivity contribution in [2.75, 3.05) is 11.6 Å². The fraction of sp³-hybridized carbons (Fsp3) is 0.211. The van der Waals surface area contributed by atoms with E-state index in [0.717, 1.165) is 13.0 Å². The van der Waals surface area contributed by atoms with Gasteiger partial charge in [-0.3, -0.25) is 10.0 Å². The average molecular weight is 289 g/mol. The van der Waals surface area contributed by atoms with Crippen LogP contribution in [0.15, 0.2) is 65.4 Å². The fourth-order valence-corrected chi connectivity index (χ4v) is 3.27. The molecule has 0 radical (unpaired) electrons. The normalized spacial score (nSPS) is 19.6. The molecule has 1 N–H and O–H groups in total. The number of rotatable bonds is 2.